The van der Waals surface area contributed by atoms with Gasteiger partial charge in [-0.1, -0.05) is 47.7 Å². The summed E-state index contributed by atoms with van der Waals surface area (Å²) in [4.78, 5) is 12.2. The predicted molar refractivity (Wildman–Crippen MR) is 93.8 cm³/mol. The third-order valence-corrected chi connectivity index (χ3v) is 4.96. The Morgan fingerprint density at radius 1 is 1.32 bits per heavy atom. The van der Waals surface area contributed by atoms with Crippen LogP contribution in [0.3, 0.4) is 0 Å². The van der Waals surface area contributed by atoms with Gasteiger partial charge in [0.2, 0.25) is 11.0 Å². The number of aryl methyl sites for hydroxylation is 1. The number of aromatic nitrogens is 2. The van der Waals surface area contributed by atoms with Crippen LogP contribution in [0.5, 0.6) is 0 Å². The van der Waals surface area contributed by atoms with E-state index in [9.17, 15) is 4.79 Å². The van der Waals surface area contributed by atoms with E-state index in [2.05, 4.69) is 27.8 Å². The number of benzene rings is 1. The van der Waals surface area contributed by atoms with Crippen LogP contribution in [-0.2, 0) is 4.79 Å². The van der Waals surface area contributed by atoms with E-state index in [4.69, 9.17) is 0 Å². The molecular weight excluding hydrogens is 316 g/mol. The summed E-state index contributed by atoms with van der Waals surface area (Å²) < 4.78 is 0.796. The Labute approximate surface area is 138 Å². The van der Waals surface area contributed by atoms with Crippen LogP contribution in [0.4, 0.5) is 10.8 Å². The highest BCUT2D eigenvalue weighted by Gasteiger charge is 2.17. The molecule has 0 radical (unpaired) electrons. The average molecular weight is 336 g/mol. The maximum Gasteiger partial charge on any atom is 0.237 e. The maximum atomic E-state index is 12.2. The van der Waals surface area contributed by atoms with E-state index in [1.807, 2.05) is 38.1 Å². The van der Waals surface area contributed by atoms with Crippen LogP contribution < -0.4 is 10.6 Å². The number of carbonyl (C=O) groups is 1. The summed E-state index contributed by atoms with van der Waals surface area (Å²) >= 11 is 2.90. The fraction of sp³-hybridized carbons (Fsp3) is 0.400. The van der Waals surface area contributed by atoms with Crippen molar-refractivity contribution in [2.24, 2.45) is 0 Å². The molecule has 0 aliphatic heterocycles. The lowest BCUT2D eigenvalue weighted by atomic mass is 10.2. The van der Waals surface area contributed by atoms with Gasteiger partial charge < -0.3 is 10.6 Å². The second-order valence-electron chi connectivity index (χ2n) is 4.92. The number of anilines is 2. The summed E-state index contributed by atoms with van der Waals surface area (Å²) in [6.07, 6.45) is 1.04. The van der Waals surface area contributed by atoms with E-state index in [0.717, 1.165) is 28.1 Å². The van der Waals surface area contributed by atoms with Gasteiger partial charge in [0.1, 0.15) is 0 Å². The third kappa shape index (κ3) is 4.99. The standard InChI is InChI=1S/C15H20N4OS2/c1-4-9-16-14-18-19-15(22-14)21-11(3)13(20)17-12-7-5-10(2)6-8-12/h5-8,11H,4,9H2,1-3H3,(H,16,18)(H,17,20)/t11-/m1/s1. The number of hydrogen-bond donors (Lipinski definition) is 2. The highest BCUT2D eigenvalue weighted by molar-refractivity contribution is 8.02. The number of hydrogen-bond acceptors (Lipinski definition) is 6. The van der Waals surface area contributed by atoms with Crippen molar-refractivity contribution in [2.45, 2.75) is 36.8 Å². The highest BCUT2D eigenvalue weighted by Crippen LogP contribution is 2.29. The van der Waals surface area contributed by atoms with Crippen molar-refractivity contribution >= 4 is 39.8 Å². The van der Waals surface area contributed by atoms with Crippen LogP contribution in [-0.4, -0.2) is 27.9 Å². The second-order valence-corrected chi connectivity index (χ2v) is 7.48. The van der Waals surface area contributed by atoms with Gasteiger partial charge in [0, 0.05) is 12.2 Å². The molecule has 1 atom stereocenters. The van der Waals surface area contributed by atoms with Crippen molar-refractivity contribution in [3.8, 4) is 0 Å². The molecule has 0 bridgehead atoms. The molecule has 0 aliphatic carbocycles. The SMILES string of the molecule is CCCNc1nnc(S[C@H](C)C(=O)Nc2ccc(C)cc2)s1. The molecule has 7 heteroatoms. The van der Waals surface area contributed by atoms with E-state index >= 15 is 0 Å². The van der Waals surface area contributed by atoms with E-state index in [0.29, 0.717) is 0 Å². The fourth-order valence-electron chi connectivity index (χ4n) is 1.65. The molecule has 22 heavy (non-hydrogen) atoms. The summed E-state index contributed by atoms with van der Waals surface area (Å²) in [5.41, 5.74) is 1.98. The van der Waals surface area contributed by atoms with Crippen molar-refractivity contribution in [1.82, 2.24) is 10.2 Å². The predicted octanol–water partition coefficient (Wildman–Crippen LogP) is 3.79. The molecule has 0 unspecified atom stereocenters. The number of thioether (sulfide) groups is 1. The lowest BCUT2D eigenvalue weighted by molar-refractivity contribution is -0.115. The number of amides is 1. The monoisotopic (exact) mass is 336 g/mol. The van der Waals surface area contributed by atoms with Gasteiger partial charge in [0.25, 0.3) is 0 Å². The summed E-state index contributed by atoms with van der Waals surface area (Å²) in [6.45, 7) is 6.86. The first-order valence-corrected chi connectivity index (χ1v) is 8.89. The van der Waals surface area contributed by atoms with Crippen molar-refractivity contribution in [3.05, 3.63) is 29.8 Å². The summed E-state index contributed by atoms with van der Waals surface area (Å²) in [7, 11) is 0. The van der Waals surface area contributed by atoms with Crippen LogP contribution in [0.15, 0.2) is 28.6 Å². The van der Waals surface area contributed by atoms with E-state index in [1.165, 1.54) is 28.7 Å². The first-order valence-electron chi connectivity index (χ1n) is 7.20. The molecule has 5 nitrogen and oxygen atoms in total. The Hall–Kier alpha value is -1.60. The quantitative estimate of drug-likeness (QED) is 0.753. The van der Waals surface area contributed by atoms with E-state index in [-0.39, 0.29) is 11.2 Å². The fourth-order valence-corrected chi connectivity index (χ4v) is 3.57. The minimum Gasteiger partial charge on any atom is -0.360 e. The molecule has 2 aromatic rings. The average Bonchev–Trinajstić information content (AvgIpc) is 2.95. The summed E-state index contributed by atoms with van der Waals surface area (Å²) in [5, 5.41) is 14.8. The van der Waals surface area contributed by atoms with Gasteiger partial charge in [-0.3, -0.25) is 4.79 Å². The first kappa shape index (κ1) is 16.8. The largest absolute Gasteiger partial charge is 0.360 e. The molecule has 1 amide bonds. The van der Waals surface area contributed by atoms with Gasteiger partial charge in [-0.15, -0.1) is 10.2 Å². The minimum absolute atomic E-state index is 0.0351. The number of nitrogens with zero attached hydrogens (tertiary/aromatic N) is 2. The van der Waals surface area contributed by atoms with Gasteiger partial charge in [-0.05, 0) is 32.4 Å². The van der Waals surface area contributed by atoms with Gasteiger partial charge in [0.15, 0.2) is 4.34 Å². The highest BCUT2D eigenvalue weighted by atomic mass is 32.2. The Bertz CT molecular complexity index is 612. The normalized spacial score (nSPS) is 12.0. The lowest BCUT2D eigenvalue weighted by Gasteiger charge is -2.10. The van der Waals surface area contributed by atoms with Crippen LogP contribution in [0.25, 0.3) is 0 Å². The van der Waals surface area contributed by atoms with Gasteiger partial charge in [-0.2, -0.15) is 0 Å². The zero-order chi connectivity index (χ0) is 15.9. The van der Waals surface area contributed by atoms with Gasteiger partial charge >= 0.3 is 0 Å². The molecule has 1 heterocycles. The smallest absolute Gasteiger partial charge is 0.237 e. The first-order chi connectivity index (χ1) is 10.6. The lowest BCUT2D eigenvalue weighted by Crippen LogP contribution is -2.22. The molecule has 0 spiro atoms. The maximum absolute atomic E-state index is 12.2. The Kier molecular flexibility index (Phi) is 6.21. The molecular formula is C15H20N4OS2. The zero-order valence-corrected chi connectivity index (χ0v) is 14.6. The van der Waals surface area contributed by atoms with Crippen molar-refractivity contribution in [1.29, 1.82) is 0 Å². The molecule has 2 N–H and O–H groups in total. The molecule has 2 rings (SSSR count). The van der Waals surface area contributed by atoms with Crippen LogP contribution in [0.2, 0.25) is 0 Å². The summed E-state index contributed by atoms with van der Waals surface area (Å²) in [6, 6.07) is 7.76. The molecule has 118 valence electrons. The van der Waals surface area contributed by atoms with E-state index < -0.39 is 0 Å². The number of rotatable bonds is 7. The molecule has 0 saturated heterocycles. The molecule has 1 aromatic carbocycles. The Morgan fingerprint density at radius 3 is 2.73 bits per heavy atom. The van der Waals surface area contributed by atoms with Crippen LogP contribution in [0.1, 0.15) is 25.8 Å². The number of nitrogens with one attached hydrogen (secondary N) is 2. The van der Waals surface area contributed by atoms with E-state index in [1.54, 1.807) is 0 Å². The van der Waals surface area contributed by atoms with Crippen LogP contribution >= 0.6 is 23.1 Å². The Balaban J connectivity index is 1.87. The van der Waals surface area contributed by atoms with Crippen molar-refractivity contribution in [3.63, 3.8) is 0 Å². The molecule has 0 saturated carbocycles. The molecule has 1 aromatic heterocycles. The zero-order valence-electron chi connectivity index (χ0n) is 12.9. The Morgan fingerprint density at radius 2 is 2.05 bits per heavy atom. The minimum atomic E-state index is -0.228. The van der Waals surface area contributed by atoms with Gasteiger partial charge in [-0.25, -0.2) is 0 Å². The topological polar surface area (TPSA) is 66.9 Å². The van der Waals surface area contributed by atoms with Crippen molar-refractivity contribution in [2.75, 3.05) is 17.2 Å². The molecule has 0 aliphatic rings. The third-order valence-electron chi connectivity index (χ3n) is 2.90. The van der Waals surface area contributed by atoms with Crippen molar-refractivity contribution < 1.29 is 4.79 Å². The molecule has 0 fully saturated rings. The summed E-state index contributed by atoms with van der Waals surface area (Å²) in [5.74, 6) is -0.0351. The number of carbonyl (C=O) groups excluding carboxylic acids is 1. The second kappa shape index (κ2) is 8.14. The van der Waals surface area contributed by atoms with Crippen LogP contribution in [0, 0.1) is 6.92 Å². The van der Waals surface area contributed by atoms with Gasteiger partial charge in [0.05, 0.1) is 5.25 Å².